The minimum absolute atomic E-state index is 0.159. The number of ether oxygens (including phenoxy) is 4. The molecule has 36 heavy (non-hydrogen) atoms. The summed E-state index contributed by atoms with van der Waals surface area (Å²) in [4.78, 5) is 23.1. The molecule has 7 heteroatoms. The Labute approximate surface area is 212 Å². The van der Waals surface area contributed by atoms with E-state index >= 15 is 0 Å². The fourth-order valence-corrected chi connectivity index (χ4v) is 3.44. The third-order valence-electron chi connectivity index (χ3n) is 5.30. The van der Waals surface area contributed by atoms with Crippen LogP contribution in [0.3, 0.4) is 0 Å². The van der Waals surface area contributed by atoms with Gasteiger partial charge in [-0.1, -0.05) is 36.1 Å². The molecule has 2 aromatic carbocycles. The number of rotatable bonds is 6. The second kappa shape index (κ2) is 15.1. The first-order chi connectivity index (χ1) is 17.4. The van der Waals surface area contributed by atoms with Crippen LogP contribution in [-0.2, 0) is 23.8 Å². The van der Waals surface area contributed by atoms with Gasteiger partial charge in [0.25, 0.3) is 0 Å². The molecule has 3 rings (SSSR count). The maximum atomic E-state index is 11.7. The zero-order valence-electron chi connectivity index (χ0n) is 21.1. The molecule has 1 aliphatic heterocycles. The van der Waals surface area contributed by atoms with Crippen LogP contribution < -0.4 is 4.74 Å². The third-order valence-corrected chi connectivity index (χ3v) is 5.30. The lowest BCUT2D eigenvalue weighted by Crippen LogP contribution is -2.24. The van der Waals surface area contributed by atoms with Crippen molar-refractivity contribution in [2.75, 3.05) is 20.8 Å². The van der Waals surface area contributed by atoms with Crippen LogP contribution in [0, 0.1) is 23.7 Å². The minimum atomic E-state index is -0.583. The van der Waals surface area contributed by atoms with Crippen molar-refractivity contribution in [3.8, 4) is 35.2 Å². The fraction of sp³-hybridized carbons (Fsp3) is 0.379. The first-order valence-corrected chi connectivity index (χ1v) is 11.6. The van der Waals surface area contributed by atoms with E-state index in [0.29, 0.717) is 5.56 Å². The molecule has 7 nitrogen and oxygen atoms in total. The molecule has 1 unspecified atom stereocenters. The van der Waals surface area contributed by atoms with Crippen molar-refractivity contribution in [3.05, 3.63) is 59.7 Å². The molecule has 3 atom stereocenters. The number of phenols is 1. The highest BCUT2D eigenvalue weighted by Gasteiger charge is 2.20. The lowest BCUT2D eigenvalue weighted by Gasteiger charge is -2.23. The van der Waals surface area contributed by atoms with E-state index in [2.05, 4.69) is 28.4 Å². The summed E-state index contributed by atoms with van der Waals surface area (Å²) in [5.74, 6) is 10.1. The lowest BCUT2D eigenvalue weighted by molar-refractivity contribution is -0.141. The third kappa shape index (κ3) is 8.69. The van der Waals surface area contributed by atoms with Gasteiger partial charge in [0.05, 0.1) is 20.8 Å². The first-order valence-electron chi connectivity index (χ1n) is 11.6. The summed E-state index contributed by atoms with van der Waals surface area (Å²) in [6, 6.07) is 13.7. The molecule has 1 heterocycles. The molecule has 0 saturated carbocycles. The Morgan fingerprint density at radius 3 is 1.78 bits per heavy atom. The second-order valence-electron chi connectivity index (χ2n) is 7.78. The van der Waals surface area contributed by atoms with Gasteiger partial charge in [-0.15, -0.1) is 11.8 Å². The standard InChI is InChI=1S/C17H20O4.C12H12O3/c1-3-6-15(17(18)19-2)13-8-10-14(11-9-13)21-16-7-4-5-12-20-16;1-3-4-11(12(14)15-2)9-5-7-10(13)8-6-9/h8-11,15-16H,4-5,7,12H2,1-2H3;5-8,11,13H,1-2H3/t15-,16?;11-/m11/s1. The summed E-state index contributed by atoms with van der Waals surface area (Å²) in [6.45, 7) is 4.11. The van der Waals surface area contributed by atoms with Crippen LogP contribution in [0.2, 0.25) is 0 Å². The van der Waals surface area contributed by atoms with Gasteiger partial charge in [0.1, 0.15) is 23.3 Å². The summed E-state index contributed by atoms with van der Waals surface area (Å²) in [6.07, 6.45) is 2.96. The molecule has 1 N–H and O–H groups in total. The van der Waals surface area contributed by atoms with Gasteiger partial charge in [0, 0.05) is 6.42 Å². The molecule has 0 spiro atoms. The van der Waals surface area contributed by atoms with Gasteiger partial charge in [-0.25, -0.2) is 0 Å². The van der Waals surface area contributed by atoms with Crippen molar-refractivity contribution in [1.29, 1.82) is 0 Å². The summed E-state index contributed by atoms with van der Waals surface area (Å²) in [7, 11) is 2.69. The number of phenolic OH excluding ortho intramolecular Hbond substituents is 1. The van der Waals surface area contributed by atoms with E-state index in [4.69, 9.17) is 19.3 Å². The molecular formula is C29H32O7. The Kier molecular flexibility index (Phi) is 11.9. The van der Waals surface area contributed by atoms with Crippen molar-refractivity contribution in [3.63, 3.8) is 0 Å². The molecular weight excluding hydrogens is 460 g/mol. The number of benzene rings is 2. The maximum absolute atomic E-state index is 11.7. The van der Waals surface area contributed by atoms with Gasteiger partial charge in [-0.2, -0.15) is 0 Å². The normalized spacial score (nSPS) is 15.7. The number of aromatic hydroxyl groups is 1. The van der Waals surface area contributed by atoms with E-state index in [0.717, 1.165) is 37.2 Å². The highest BCUT2D eigenvalue weighted by molar-refractivity contribution is 5.82. The molecule has 2 aromatic rings. The molecule has 1 aliphatic rings. The van der Waals surface area contributed by atoms with Crippen molar-refractivity contribution in [2.24, 2.45) is 0 Å². The molecule has 1 saturated heterocycles. The Morgan fingerprint density at radius 1 is 0.861 bits per heavy atom. The predicted molar refractivity (Wildman–Crippen MR) is 135 cm³/mol. The zero-order valence-corrected chi connectivity index (χ0v) is 21.1. The van der Waals surface area contributed by atoms with Crippen molar-refractivity contribution >= 4 is 11.9 Å². The summed E-state index contributed by atoms with van der Waals surface area (Å²) < 4.78 is 20.7. The van der Waals surface area contributed by atoms with Crippen LogP contribution in [0.5, 0.6) is 11.5 Å². The largest absolute Gasteiger partial charge is 0.508 e. The topological polar surface area (TPSA) is 91.3 Å². The monoisotopic (exact) mass is 492 g/mol. The van der Waals surface area contributed by atoms with Gasteiger partial charge < -0.3 is 24.1 Å². The molecule has 190 valence electrons. The number of methoxy groups -OCH3 is 2. The van der Waals surface area contributed by atoms with Crippen molar-refractivity contribution < 1.29 is 33.6 Å². The number of esters is 2. The summed E-state index contributed by atoms with van der Waals surface area (Å²) >= 11 is 0. The van der Waals surface area contributed by atoms with Gasteiger partial charge in [-0.05, 0) is 62.1 Å². The molecule has 0 aromatic heterocycles. The van der Waals surface area contributed by atoms with E-state index in [-0.39, 0.29) is 18.0 Å². The van der Waals surface area contributed by atoms with E-state index in [1.54, 1.807) is 26.0 Å². The molecule has 0 bridgehead atoms. The SMILES string of the molecule is CC#C[C@@H](C(=O)OC)c1ccc(O)cc1.CC#C[C@@H](C(=O)OC)c1ccc(OC2CCCCO2)cc1. The van der Waals surface area contributed by atoms with Gasteiger partial charge in [-0.3, -0.25) is 9.59 Å². The average Bonchev–Trinajstić information content (AvgIpc) is 2.91. The van der Waals surface area contributed by atoms with E-state index in [9.17, 15) is 9.59 Å². The number of carbonyl (C=O) groups is 2. The lowest BCUT2D eigenvalue weighted by atomic mass is 10.00. The molecule has 0 amide bonds. The average molecular weight is 493 g/mol. The smallest absolute Gasteiger partial charge is 0.325 e. The Morgan fingerprint density at radius 2 is 1.36 bits per heavy atom. The fourth-order valence-electron chi connectivity index (χ4n) is 3.44. The predicted octanol–water partition coefficient (Wildman–Crippen LogP) is 4.54. The highest BCUT2D eigenvalue weighted by atomic mass is 16.7. The van der Waals surface area contributed by atoms with Gasteiger partial charge in [0.15, 0.2) is 6.29 Å². The Bertz CT molecular complexity index is 1090. The van der Waals surface area contributed by atoms with Crippen LogP contribution in [-0.4, -0.2) is 44.2 Å². The minimum Gasteiger partial charge on any atom is -0.508 e. The van der Waals surface area contributed by atoms with Crippen LogP contribution in [0.1, 0.15) is 56.1 Å². The quantitative estimate of drug-likeness (QED) is 0.467. The van der Waals surface area contributed by atoms with Crippen LogP contribution in [0.15, 0.2) is 48.5 Å². The van der Waals surface area contributed by atoms with E-state index in [1.807, 2.05) is 24.3 Å². The zero-order chi connectivity index (χ0) is 26.3. The van der Waals surface area contributed by atoms with Crippen LogP contribution in [0.4, 0.5) is 0 Å². The van der Waals surface area contributed by atoms with Gasteiger partial charge in [0.2, 0.25) is 0 Å². The van der Waals surface area contributed by atoms with Crippen molar-refractivity contribution in [2.45, 2.75) is 51.2 Å². The molecule has 1 fully saturated rings. The molecule has 0 aliphatic carbocycles. The van der Waals surface area contributed by atoms with Crippen LogP contribution >= 0.6 is 0 Å². The number of hydrogen-bond acceptors (Lipinski definition) is 7. The van der Waals surface area contributed by atoms with E-state index in [1.165, 1.54) is 26.4 Å². The summed E-state index contributed by atoms with van der Waals surface area (Å²) in [5.41, 5.74) is 1.52. The van der Waals surface area contributed by atoms with E-state index < -0.39 is 17.8 Å². The molecule has 0 radical (unpaired) electrons. The Hall–Kier alpha value is -3.94. The number of hydrogen-bond donors (Lipinski definition) is 1. The Balaban J connectivity index is 0.000000269. The van der Waals surface area contributed by atoms with Gasteiger partial charge >= 0.3 is 11.9 Å². The highest BCUT2D eigenvalue weighted by Crippen LogP contribution is 2.23. The maximum Gasteiger partial charge on any atom is 0.325 e. The first kappa shape index (κ1) is 28.3. The second-order valence-corrected chi connectivity index (χ2v) is 7.78. The number of carbonyl (C=O) groups excluding carboxylic acids is 2. The van der Waals surface area contributed by atoms with Crippen molar-refractivity contribution in [1.82, 2.24) is 0 Å². The van der Waals surface area contributed by atoms with Crippen LogP contribution in [0.25, 0.3) is 0 Å². The summed E-state index contributed by atoms with van der Waals surface area (Å²) in [5, 5.41) is 9.11.